The molecule has 1 heterocycles. The molecule has 4 heteroatoms. The van der Waals surface area contributed by atoms with Crippen LogP contribution in [0.2, 0.25) is 0 Å². The number of hydrogen-bond acceptors (Lipinski definition) is 4. The molecule has 0 aromatic heterocycles. The van der Waals surface area contributed by atoms with Gasteiger partial charge in [0.1, 0.15) is 6.10 Å². The normalized spacial score (nSPS) is 23.7. The molecule has 60 valence electrons. The molecular weight excluding hydrogens is 136 g/mol. The lowest BCUT2D eigenvalue weighted by atomic mass is 10.4. The summed E-state index contributed by atoms with van der Waals surface area (Å²) in [7, 11) is 0. The molecule has 10 heavy (non-hydrogen) atoms. The van der Waals surface area contributed by atoms with Gasteiger partial charge in [0.2, 0.25) is 0 Å². The number of ether oxygens (including phenoxy) is 2. The van der Waals surface area contributed by atoms with E-state index < -0.39 is 6.29 Å². The molecule has 1 saturated heterocycles. The topological polar surface area (TPSA) is 62.2 Å². The van der Waals surface area contributed by atoms with Crippen molar-refractivity contribution in [2.24, 2.45) is 0 Å². The van der Waals surface area contributed by atoms with Gasteiger partial charge < -0.3 is 19.7 Å². The Kier molecular flexibility index (Phi) is 3.08. The van der Waals surface area contributed by atoms with Crippen molar-refractivity contribution < 1.29 is 19.7 Å². The third-order valence-electron chi connectivity index (χ3n) is 1.23. The molecule has 1 aliphatic heterocycles. The van der Waals surface area contributed by atoms with Crippen LogP contribution < -0.4 is 0 Å². The molecule has 0 bridgehead atoms. The van der Waals surface area contributed by atoms with E-state index in [0.29, 0.717) is 13.2 Å². The van der Waals surface area contributed by atoms with Crippen molar-refractivity contribution in [2.75, 3.05) is 19.8 Å². The van der Waals surface area contributed by atoms with Crippen molar-refractivity contribution in [1.82, 2.24) is 0 Å². The smallest absolute Gasteiger partial charge is 0.153 e. The second kappa shape index (κ2) is 3.88. The van der Waals surface area contributed by atoms with Crippen molar-refractivity contribution >= 4 is 0 Å². The standard InChI is InChI=1S/C6H12O4/c7-6(8)1-2-9-3-5-4-10-5/h5-8H,1-4H2. The summed E-state index contributed by atoms with van der Waals surface area (Å²) in [6.45, 7) is 1.74. The van der Waals surface area contributed by atoms with E-state index in [0.717, 1.165) is 6.61 Å². The molecule has 2 N–H and O–H groups in total. The summed E-state index contributed by atoms with van der Waals surface area (Å²) in [6.07, 6.45) is -0.719. The Labute approximate surface area is 59.4 Å². The van der Waals surface area contributed by atoms with E-state index in [1.807, 2.05) is 0 Å². The second-order valence-corrected chi connectivity index (χ2v) is 2.30. The Hall–Kier alpha value is -0.160. The molecule has 1 aliphatic rings. The van der Waals surface area contributed by atoms with Crippen LogP contribution in [-0.4, -0.2) is 42.4 Å². The summed E-state index contributed by atoms with van der Waals surface area (Å²) >= 11 is 0. The SMILES string of the molecule is OC(O)CCOCC1CO1. The van der Waals surface area contributed by atoms with Crippen molar-refractivity contribution in [3.8, 4) is 0 Å². The van der Waals surface area contributed by atoms with E-state index in [9.17, 15) is 0 Å². The van der Waals surface area contributed by atoms with E-state index >= 15 is 0 Å². The van der Waals surface area contributed by atoms with Crippen LogP contribution in [0.1, 0.15) is 6.42 Å². The molecule has 1 unspecified atom stereocenters. The summed E-state index contributed by atoms with van der Waals surface area (Å²) in [4.78, 5) is 0. The Bertz CT molecular complexity index is 85.7. The predicted octanol–water partition coefficient (Wildman–Crippen LogP) is -0.897. The quantitative estimate of drug-likeness (QED) is 0.301. The minimum Gasteiger partial charge on any atom is -0.378 e. The highest BCUT2D eigenvalue weighted by Crippen LogP contribution is 2.08. The van der Waals surface area contributed by atoms with Gasteiger partial charge in [-0.3, -0.25) is 0 Å². The first-order chi connectivity index (χ1) is 4.79. The molecular formula is C6H12O4. The molecule has 0 spiro atoms. The summed E-state index contributed by atoms with van der Waals surface area (Å²) < 4.78 is 9.89. The number of epoxide rings is 1. The number of aliphatic hydroxyl groups excluding tert-OH is 1. The van der Waals surface area contributed by atoms with E-state index in [2.05, 4.69) is 0 Å². The molecule has 1 atom stereocenters. The zero-order chi connectivity index (χ0) is 7.40. The fourth-order valence-corrected chi connectivity index (χ4v) is 0.568. The maximum atomic E-state index is 8.38. The summed E-state index contributed by atoms with van der Waals surface area (Å²) in [6, 6.07) is 0. The lowest BCUT2D eigenvalue weighted by molar-refractivity contribution is -0.0617. The average molecular weight is 148 g/mol. The van der Waals surface area contributed by atoms with Crippen molar-refractivity contribution in [3.05, 3.63) is 0 Å². The lowest BCUT2D eigenvalue weighted by Crippen LogP contribution is -2.10. The minimum absolute atomic E-state index is 0.260. The maximum Gasteiger partial charge on any atom is 0.153 e. The highest BCUT2D eigenvalue weighted by molar-refractivity contribution is 4.66. The predicted molar refractivity (Wildman–Crippen MR) is 33.4 cm³/mol. The highest BCUT2D eigenvalue weighted by atomic mass is 16.6. The second-order valence-electron chi connectivity index (χ2n) is 2.30. The first-order valence-corrected chi connectivity index (χ1v) is 3.34. The van der Waals surface area contributed by atoms with Gasteiger partial charge in [-0.25, -0.2) is 0 Å². The monoisotopic (exact) mass is 148 g/mol. The molecule has 0 aromatic carbocycles. The third-order valence-corrected chi connectivity index (χ3v) is 1.23. The summed E-state index contributed by atoms with van der Waals surface area (Å²) in [5.41, 5.74) is 0. The fourth-order valence-electron chi connectivity index (χ4n) is 0.568. The van der Waals surface area contributed by atoms with Gasteiger partial charge in [0.15, 0.2) is 6.29 Å². The number of rotatable bonds is 5. The van der Waals surface area contributed by atoms with Crippen LogP contribution in [0, 0.1) is 0 Å². The Morgan fingerprint density at radius 1 is 1.60 bits per heavy atom. The number of aliphatic hydroxyl groups is 2. The van der Waals surface area contributed by atoms with Crippen LogP contribution >= 0.6 is 0 Å². The van der Waals surface area contributed by atoms with E-state index in [4.69, 9.17) is 19.7 Å². The first-order valence-electron chi connectivity index (χ1n) is 3.34. The van der Waals surface area contributed by atoms with Gasteiger partial charge in [-0.15, -0.1) is 0 Å². The van der Waals surface area contributed by atoms with Crippen LogP contribution in [0.5, 0.6) is 0 Å². The van der Waals surface area contributed by atoms with E-state index in [-0.39, 0.29) is 12.5 Å². The minimum atomic E-state index is -1.25. The fraction of sp³-hybridized carbons (Fsp3) is 1.00. The van der Waals surface area contributed by atoms with Crippen LogP contribution in [0.15, 0.2) is 0 Å². The molecule has 0 aliphatic carbocycles. The van der Waals surface area contributed by atoms with Gasteiger partial charge >= 0.3 is 0 Å². The summed E-state index contributed by atoms with van der Waals surface area (Å²) in [5, 5.41) is 16.8. The first kappa shape index (κ1) is 7.94. The molecule has 1 fully saturated rings. The highest BCUT2D eigenvalue weighted by Gasteiger charge is 2.22. The zero-order valence-electron chi connectivity index (χ0n) is 5.69. The van der Waals surface area contributed by atoms with Gasteiger partial charge in [0, 0.05) is 6.42 Å². The van der Waals surface area contributed by atoms with Crippen LogP contribution in [0.3, 0.4) is 0 Å². The molecule has 1 rings (SSSR count). The van der Waals surface area contributed by atoms with Gasteiger partial charge in [-0.1, -0.05) is 0 Å². The lowest BCUT2D eigenvalue weighted by Gasteiger charge is -2.02. The van der Waals surface area contributed by atoms with Crippen LogP contribution in [0.25, 0.3) is 0 Å². The largest absolute Gasteiger partial charge is 0.378 e. The van der Waals surface area contributed by atoms with Crippen LogP contribution in [-0.2, 0) is 9.47 Å². The molecule has 0 radical (unpaired) electrons. The van der Waals surface area contributed by atoms with Gasteiger partial charge in [0.25, 0.3) is 0 Å². The van der Waals surface area contributed by atoms with Crippen molar-refractivity contribution in [2.45, 2.75) is 18.8 Å². The van der Waals surface area contributed by atoms with Crippen molar-refractivity contribution in [3.63, 3.8) is 0 Å². The summed E-state index contributed by atoms with van der Waals surface area (Å²) in [5.74, 6) is 0. The van der Waals surface area contributed by atoms with Gasteiger partial charge in [0.05, 0.1) is 19.8 Å². The third kappa shape index (κ3) is 3.79. The maximum absolute atomic E-state index is 8.38. The van der Waals surface area contributed by atoms with Gasteiger partial charge in [-0.05, 0) is 0 Å². The molecule has 0 aromatic rings. The van der Waals surface area contributed by atoms with Crippen LogP contribution in [0.4, 0.5) is 0 Å². The molecule has 0 saturated carbocycles. The van der Waals surface area contributed by atoms with E-state index in [1.54, 1.807) is 0 Å². The number of hydrogen-bond donors (Lipinski definition) is 2. The Balaban J connectivity index is 1.76. The molecule has 4 nitrogen and oxygen atoms in total. The van der Waals surface area contributed by atoms with Gasteiger partial charge in [-0.2, -0.15) is 0 Å². The average Bonchev–Trinajstić information content (AvgIpc) is 2.62. The Morgan fingerprint density at radius 2 is 2.30 bits per heavy atom. The van der Waals surface area contributed by atoms with Crippen molar-refractivity contribution in [1.29, 1.82) is 0 Å². The zero-order valence-corrected chi connectivity index (χ0v) is 5.69. The molecule has 0 amide bonds. The Morgan fingerprint density at radius 3 is 2.80 bits per heavy atom. The van der Waals surface area contributed by atoms with E-state index in [1.165, 1.54) is 0 Å².